The number of pyridine rings is 1. The van der Waals surface area contributed by atoms with Crippen molar-refractivity contribution in [2.75, 3.05) is 24.6 Å². The lowest BCUT2D eigenvalue weighted by molar-refractivity contribution is 0.144. The fraction of sp³-hybridized carbons (Fsp3) is 0.333. The third-order valence-corrected chi connectivity index (χ3v) is 4.53. The molecule has 118 valence electrons. The summed E-state index contributed by atoms with van der Waals surface area (Å²) in [4.78, 5) is 6.11. The van der Waals surface area contributed by atoms with Crippen LogP contribution in [0.15, 0.2) is 42.7 Å². The molecule has 0 saturated carbocycles. The summed E-state index contributed by atoms with van der Waals surface area (Å²) in [7, 11) is 0. The van der Waals surface area contributed by atoms with Gasteiger partial charge in [-0.2, -0.15) is 5.26 Å². The Kier molecular flexibility index (Phi) is 4.26. The summed E-state index contributed by atoms with van der Waals surface area (Å²) in [6.07, 6.45) is 4.75. The normalized spacial score (nSPS) is 20.5. The van der Waals surface area contributed by atoms with E-state index < -0.39 is 0 Å². The monoisotopic (exact) mass is 311 g/mol. The first-order valence-electron chi connectivity index (χ1n) is 7.60. The Morgan fingerprint density at radius 3 is 2.78 bits per heavy atom. The lowest BCUT2D eigenvalue weighted by Crippen LogP contribution is -2.32. The number of hydrogen-bond acceptors (Lipinski definition) is 4. The molecule has 1 fully saturated rings. The van der Waals surface area contributed by atoms with E-state index in [9.17, 15) is 14.8 Å². The smallest absolute Gasteiger partial charge is 0.123 e. The van der Waals surface area contributed by atoms with E-state index in [2.05, 4.69) is 16.0 Å². The Labute approximate surface area is 134 Å². The van der Waals surface area contributed by atoms with Gasteiger partial charge >= 0.3 is 0 Å². The van der Waals surface area contributed by atoms with E-state index in [1.165, 1.54) is 12.1 Å². The standard InChI is InChI=1S/C18H18FN3O/c19-16-3-1-14(2-4-16)9-18(13-23)6-8-22(12-18)17-5-7-21-11-15(17)10-20/h1-5,7,11,23H,6,8-9,12-13H2. The second-order valence-corrected chi connectivity index (χ2v) is 6.14. The van der Waals surface area contributed by atoms with Crippen molar-refractivity contribution in [3.63, 3.8) is 0 Å². The van der Waals surface area contributed by atoms with E-state index in [-0.39, 0.29) is 17.8 Å². The zero-order valence-corrected chi connectivity index (χ0v) is 12.7. The molecule has 1 aliphatic rings. The molecule has 4 nitrogen and oxygen atoms in total. The molecule has 0 amide bonds. The molecule has 0 spiro atoms. The summed E-state index contributed by atoms with van der Waals surface area (Å²) in [6, 6.07) is 10.4. The van der Waals surface area contributed by atoms with Crippen LogP contribution in [0.4, 0.5) is 10.1 Å². The Balaban J connectivity index is 1.80. The molecule has 5 heteroatoms. The number of aromatic nitrogens is 1. The van der Waals surface area contributed by atoms with Gasteiger partial charge in [0.1, 0.15) is 11.9 Å². The Hall–Kier alpha value is -2.45. The van der Waals surface area contributed by atoms with Crippen LogP contribution in [-0.4, -0.2) is 29.8 Å². The number of halogens is 1. The van der Waals surface area contributed by atoms with Crippen LogP contribution < -0.4 is 4.90 Å². The van der Waals surface area contributed by atoms with Crippen LogP contribution in [0, 0.1) is 22.6 Å². The third kappa shape index (κ3) is 3.17. The van der Waals surface area contributed by atoms with Crippen LogP contribution in [0.2, 0.25) is 0 Å². The predicted octanol–water partition coefficient (Wildman–Crippen LogP) is 2.52. The minimum atomic E-state index is -0.270. The van der Waals surface area contributed by atoms with Crippen molar-refractivity contribution in [2.45, 2.75) is 12.8 Å². The molecular formula is C18H18FN3O. The maximum Gasteiger partial charge on any atom is 0.123 e. The Morgan fingerprint density at radius 1 is 1.30 bits per heavy atom. The lowest BCUT2D eigenvalue weighted by atomic mass is 9.81. The topological polar surface area (TPSA) is 60.2 Å². The van der Waals surface area contributed by atoms with Gasteiger partial charge in [-0.15, -0.1) is 0 Å². The first-order valence-corrected chi connectivity index (χ1v) is 7.60. The van der Waals surface area contributed by atoms with E-state index in [0.717, 1.165) is 24.2 Å². The van der Waals surface area contributed by atoms with Gasteiger partial charge in [-0.1, -0.05) is 12.1 Å². The number of nitriles is 1. The number of aliphatic hydroxyl groups excluding tert-OH is 1. The van der Waals surface area contributed by atoms with Gasteiger partial charge in [-0.3, -0.25) is 4.98 Å². The summed E-state index contributed by atoms with van der Waals surface area (Å²) in [5.41, 5.74) is 2.14. The molecule has 1 aromatic heterocycles. The molecule has 1 aliphatic heterocycles. The van der Waals surface area contributed by atoms with Crippen LogP contribution in [0.3, 0.4) is 0 Å². The fourth-order valence-electron chi connectivity index (χ4n) is 3.25. The number of rotatable bonds is 4. The largest absolute Gasteiger partial charge is 0.396 e. The molecule has 2 heterocycles. The zero-order valence-electron chi connectivity index (χ0n) is 12.7. The van der Waals surface area contributed by atoms with Crippen molar-refractivity contribution in [3.8, 4) is 6.07 Å². The van der Waals surface area contributed by atoms with Gasteiger partial charge in [0.15, 0.2) is 0 Å². The van der Waals surface area contributed by atoms with E-state index in [1.54, 1.807) is 24.5 Å². The second kappa shape index (κ2) is 6.35. The summed E-state index contributed by atoms with van der Waals surface area (Å²) in [5, 5.41) is 19.2. The van der Waals surface area contributed by atoms with Gasteiger partial charge in [0.05, 0.1) is 17.9 Å². The Morgan fingerprint density at radius 2 is 2.09 bits per heavy atom. The van der Waals surface area contributed by atoms with Crippen LogP contribution in [-0.2, 0) is 6.42 Å². The fourth-order valence-corrected chi connectivity index (χ4v) is 3.25. The van der Waals surface area contributed by atoms with Gasteiger partial charge in [-0.25, -0.2) is 4.39 Å². The van der Waals surface area contributed by atoms with Gasteiger partial charge in [0.25, 0.3) is 0 Å². The first-order chi connectivity index (χ1) is 11.2. The minimum Gasteiger partial charge on any atom is -0.396 e. The summed E-state index contributed by atoms with van der Waals surface area (Å²) in [5.74, 6) is -0.254. The highest BCUT2D eigenvalue weighted by atomic mass is 19.1. The van der Waals surface area contributed by atoms with Crippen molar-refractivity contribution < 1.29 is 9.50 Å². The molecule has 0 aliphatic carbocycles. The second-order valence-electron chi connectivity index (χ2n) is 6.14. The first kappa shape index (κ1) is 15.4. The number of nitrogens with zero attached hydrogens (tertiary/aromatic N) is 3. The van der Waals surface area contributed by atoms with Crippen LogP contribution in [0.5, 0.6) is 0 Å². The molecule has 0 bridgehead atoms. The lowest BCUT2D eigenvalue weighted by Gasteiger charge is -2.28. The van der Waals surface area contributed by atoms with Crippen LogP contribution in [0.1, 0.15) is 17.5 Å². The molecular weight excluding hydrogens is 293 g/mol. The molecule has 1 unspecified atom stereocenters. The number of benzene rings is 1. The van der Waals surface area contributed by atoms with Gasteiger partial charge in [0, 0.05) is 30.9 Å². The molecule has 1 aromatic carbocycles. The molecule has 1 saturated heterocycles. The van der Waals surface area contributed by atoms with E-state index >= 15 is 0 Å². The maximum absolute atomic E-state index is 13.1. The van der Waals surface area contributed by atoms with E-state index in [0.29, 0.717) is 18.5 Å². The Bertz CT molecular complexity index is 726. The quantitative estimate of drug-likeness (QED) is 0.942. The molecule has 23 heavy (non-hydrogen) atoms. The number of aliphatic hydroxyl groups is 1. The maximum atomic E-state index is 13.1. The highest BCUT2D eigenvalue weighted by molar-refractivity contribution is 5.58. The van der Waals surface area contributed by atoms with Crippen LogP contribution >= 0.6 is 0 Å². The minimum absolute atomic E-state index is 0.0633. The van der Waals surface area contributed by atoms with Crippen molar-refractivity contribution >= 4 is 5.69 Å². The van der Waals surface area contributed by atoms with Crippen molar-refractivity contribution in [1.29, 1.82) is 5.26 Å². The highest BCUT2D eigenvalue weighted by Crippen LogP contribution is 2.37. The van der Waals surface area contributed by atoms with E-state index in [1.807, 2.05) is 6.07 Å². The molecule has 1 atom stereocenters. The van der Waals surface area contributed by atoms with E-state index in [4.69, 9.17) is 0 Å². The highest BCUT2D eigenvalue weighted by Gasteiger charge is 2.38. The van der Waals surface area contributed by atoms with Crippen molar-refractivity contribution in [3.05, 3.63) is 59.7 Å². The van der Waals surface area contributed by atoms with Gasteiger partial charge in [0.2, 0.25) is 0 Å². The summed E-state index contributed by atoms with van der Waals surface area (Å²) in [6.45, 7) is 1.51. The third-order valence-electron chi connectivity index (χ3n) is 4.53. The molecule has 3 rings (SSSR count). The number of hydrogen-bond donors (Lipinski definition) is 1. The molecule has 1 N–H and O–H groups in total. The SMILES string of the molecule is N#Cc1cnccc1N1CCC(CO)(Cc2ccc(F)cc2)C1. The average molecular weight is 311 g/mol. The van der Waals surface area contributed by atoms with Gasteiger partial charge in [-0.05, 0) is 36.6 Å². The van der Waals surface area contributed by atoms with Crippen LogP contribution in [0.25, 0.3) is 0 Å². The van der Waals surface area contributed by atoms with Crippen molar-refractivity contribution in [1.82, 2.24) is 4.98 Å². The van der Waals surface area contributed by atoms with Crippen molar-refractivity contribution in [2.24, 2.45) is 5.41 Å². The molecule has 2 aromatic rings. The number of anilines is 1. The average Bonchev–Trinajstić information content (AvgIpc) is 3.01. The predicted molar refractivity (Wildman–Crippen MR) is 85.4 cm³/mol. The van der Waals surface area contributed by atoms with Gasteiger partial charge < -0.3 is 10.0 Å². The molecule has 0 radical (unpaired) electrons. The zero-order chi connectivity index (χ0) is 16.3. The summed E-state index contributed by atoms with van der Waals surface area (Å²) < 4.78 is 13.1. The summed E-state index contributed by atoms with van der Waals surface area (Å²) >= 11 is 0.